The molecule has 4 aromatic rings. The number of pyridine rings is 2. The van der Waals surface area contributed by atoms with Gasteiger partial charge >= 0.3 is 0 Å². The van der Waals surface area contributed by atoms with Crippen molar-refractivity contribution < 1.29 is 14.5 Å². The molecule has 3 nitrogen and oxygen atoms in total. The molecule has 120 valence electrons. The van der Waals surface area contributed by atoms with Crippen LogP contribution in [0.15, 0.2) is 53.3 Å². The second-order valence-corrected chi connectivity index (χ2v) is 6.14. The third-order valence-electron chi connectivity index (χ3n) is 4.47. The van der Waals surface area contributed by atoms with Crippen LogP contribution in [0.5, 0.6) is 0 Å². The van der Waals surface area contributed by atoms with E-state index in [1.54, 1.807) is 24.7 Å². The monoisotopic (exact) mass is 321 g/mol. The van der Waals surface area contributed by atoms with E-state index < -0.39 is 12.7 Å². The fourth-order valence-corrected chi connectivity index (χ4v) is 3.24. The van der Waals surface area contributed by atoms with Gasteiger partial charge in [0, 0.05) is 40.3 Å². The molecule has 24 heavy (non-hydrogen) atoms. The summed E-state index contributed by atoms with van der Waals surface area (Å²) in [6.45, 7) is 1.05. The Morgan fingerprint density at radius 3 is 2.88 bits per heavy atom. The summed E-state index contributed by atoms with van der Waals surface area (Å²) >= 11 is 0. The van der Waals surface area contributed by atoms with Crippen molar-refractivity contribution in [3.63, 3.8) is 0 Å². The lowest BCUT2D eigenvalue weighted by atomic mass is 9.97. The summed E-state index contributed by atoms with van der Waals surface area (Å²) in [4.78, 5) is 4.24. The van der Waals surface area contributed by atoms with Crippen molar-refractivity contribution in [1.29, 1.82) is 0 Å². The molecule has 3 aromatic heterocycles. The molecule has 0 saturated heterocycles. The summed E-state index contributed by atoms with van der Waals surface area (Å²) in [5.41, 5.74) is 5.01. The first-order chi connectivity index (χ1) is 13.1. The van der Waals surface area contributed by atoms with Gasteiger partial charge in [-0.15, -0.1) is 0 Å². The lowest BCUT2D eigenvalue weighted by Gasteiger charge is -2.09. The number of fused-ring (bicyclic) bond motifs is 3. The number of hydrogen-bond acceptors (Lipinski definition) is 2. The molecule has 1 atom stereocenters. The standard InChI is InChI=1S/C21H21N2O/c1-13(2)15-6-7-17(23(4)12-15)20-14(3)5-8-19-21(20)16-11-22-10-9-18(16)24-19/h5-13H,1-4H3/q+1/i1D3,13D. The summed E-state index contributed by atoms with van der Waals surface area (Å²) in [5.74, 6) is -1.68. The highest BCUT2D eigenvalue weighted by molar-refractivity contribution is 6.12. The van der Waals surface area contributed by atoms with Crippen LogP contribution in [0.1, 0.15) is 36.3 Å². The summed E-state index contributed by atoms with van der Waals surface area (Å²) in [6.07, 6.45) is 5.23. The summed E-state index contributed by atoms with van der Waals surface area (Å²) in [5, 5.41) is 1.92. The van der Waals surface area contributed by atoms with Crippen molar-refractivity contribution >= 4 is 21.9 Å². The molecule has 0 fully saturated rings. The zero-order valence-electron chi connectivity index (χ0n) is 17.9. The second kappa shape index (κ2) is 5.45. The van der Waals surface area contributed by atoms with Crippen LogP contribution in [0, 0.1) is 6.92 Å². The molecule has 0 radical (unpaired) electrons. The predicted molar refractivity (Wildman–Crippen MR) is 97.0 cm³/mol. The predicted octanol–water partition coefficient (Wildman–Crippen LogP) is 4.90. The van der Waals surface area contributed by atoms with Gasteiger partial charge in [-0.25, -0.2) is 4.57 Å². The molecular formula is C21H21N2O+. The van der Waals surface area contributed by atoms with Gasteiger partial charge in [0.25, 0.3) is 0 Å². The maximum Gasteiger partial charge on any atom is 0.213 e. The summed E-state index contributed by atoms with van der Waals surface area (Å²) in [7, 11) is 1.87. The molecule has 3 heterocycles. The van der Waals surface area contributed by atoms with E-state index in [2.05, 4.69) is 4.98 Å². The number of benzene rings is 1. The number of aromatic nitrogens is 2. The number of aryl methyl sites for hydroxylation is 2. The Hall–Kier alpha value is -2.68. The Morgan fingerprint density at radius 2 is 2.08 bits per heavy atom. The molecule has 1 aromatic carbocycles. The minimum absolute atomic E-state index is 0.447. The molecule has 0 N–H and O–H groups in total. The normalized spacial score (nSPS) is 17.1. The van der Waals surface area contributed by atoms with Crippen LogP contribution in [-0.4, -0.2) is 4.98 Å². The van der Waals surface area contributed by atoms with Gasteiger partial charge in [-0.1, -0.05) is 19.8 Å². The molecule has 0 aliphatic heterocycles. The molecular weight excluding hydrogens is 296 g/mol. The fourth-order valence-electron chi connectivity index (χ4n) is 3.24. The number of nitrogens with zero attached hydrogens (tertiary/aromatic N) is 2. The lowest BCUT2D eigenvalue weighted by molar-refractivity contribution is -0.660. The lowest BCUT2D eigenvalue weighted by Crippen LogP contribution is -2.31. The zero-order chi connectivity index (χ0) is 20.3. The van der Waals surface area contributed by atoms with E-state index in [9.17, 15) is 0 Å². The molecule has 3 heteroatoms. The minimum Gasteiger partial charge on any atom is -0.456 e. The Kier molecular flexibility index (Phi) is 2.49. The smallest absolute Gasteiger partial charge is 0.213 e. The Balaban J connectivity index is 1.98. The molecule has 0 amide bonds. The fraction of sp³-hybridized carbons (Fsp3) is 0.238. The first-order valence-corrected chi connectivity index (χ1v) is 7.87. The Labute approximate surface area is 147 Å². The van der Waals surface area contributed by atoms with E-state index in [-0.39, 0.29) is 0 Å². The van der Waals surface area contributed by atoms with Gasteiger partial charge in [0.15, 0.2) is 6.20 Å². The molecule has 4 rings (SSSR count). The van der Waals surface area contributed by atoms with E-state index in [1.165, 1.54) is 6.92 Å². The van der Waals surface area contributed by atoms with Crippen LogP contribution in [0.4, 0.5) is 0 Å². The molecule has 0 saturated carbocycles. The Morgan fingerprint density at radius 1 is 1.21 bits per heavy atom. The molecule has 0 aliphatic rings. The topological polar surface area (TPSA) is 29.9 Å². The van der Waals surface area contributed by atoms with Gasteiger partial charge in [0.1, 0.15) is 18.2 Å². The van der Waals surface area contributed by atoms with Crippen molar-refractivity contribution in [1.82, 2.24) is 4.98 Å². The van der Waals surface area contributed by atoms with E-state index >= 15 is 0 Å². The quantitative estimate of drug-likeness (QED) is 0.491. The molecule has 0 aliphatic carbocycles. The highest BCUT2D eigenvalue weighted by Gasteiger charge is 2.21. The van der Waals surface area contributed by atoms with Crippen molar-refractivity contribution in [2.24, 2.45) is 7.05 Å². The van der Waals surface area contributed by atoms with E-state index in [1.807, 2.05) is 42.8 Å². The van der Waals surface area contributed by atoms with Crippen LogP contribution in [-0.2, 0) is 7.05 Å². The van der Waals surface area contributed by atoms with Gasteiger partial charge in [0.2, 0.25) is 5.69 Å². The average Bonchev–Trinajstić information content (AvgIpc) is 3.00. The van der Waals surface area contributed by atoms with Gasteiger partial charge in [-0.3, -0.25) is 4.98 Å². The van der Waals surface area contributed by atoms with Crippen LogP contribution in [0.3, 0.4) is 0 Å². The molecule has 1 unspecified atom stereocenters. The first kappa shape index (κ1) is 11.0. The third kappa shape index (κ3) is 2.20. The molecule has 0 spiro atoms. The van der Waals surface area contributed by atoms with Crippen molar-refractivity contribution in [3.05, 3.63) is 60.0 Å². The van der Waals surface area contributed by atoms with Gasteiger partial charge < -0.3 is 4.42 Å². The van der Waals surface area contributed by atoms with Gasteiger partial charge in [0.05, 0.1) is 5.56 Å². The summed E-state index contributed by atoms with van der Waals surface area (Å²) in [6, 6.07) is 9.42. The van der Waals surface area contributed by atoms with E-state index in [0.29, 0.717) is 5.56 Å². The highest BCUT2D eigenvalue weighted by Crippen LogP contribution is 2.37. The third-order valence-corrected chi connectivity index (χ3v) is 4.47. The number of rotatable bonds is 2. The average molecular weight is 321 g/mol. The van der Waals surface area contributed by atoms with E-state index in [4.69, 9.17) is 9.90 Å². The highest BCUT2D eigenvalue weighted by atomic mass is 16.3. The number of hydrogen-bond donors (Lipinski definition) is 0. The zero-order valence-corrected chi connectivity index (χ0v) is 13.9. The van der Waals surface area contributed by atoms with E-state index in [0.717, 1.165) is 38.8 Å². The van der Waals surface area contributed by atoms with Gasteiger partial charge in [-0.2, -0.15) is 0 Å². The van der Waals surface area contributed by atoms with Crippen molar-refractivity contribution in [2.75, 3.05) is 0 Å². The maximum atomic E-state index is 8.35. The van der Waals surface area contributed by atoms with Crippen LogP contribution >= 0.6 is 0 Å². The van der Waals surface area contributed by atoms with Crippen molar-refractivity contribution in [2.45, 2.75) is 26.6 Å². The minimum atomic E-state index is -2.41. The first-order valence-electron chi connectivity index (χ1n) is 9.87. The Bertz CT molecular complexity index is 1210. The SMILES string of the molecule is [2H]C([2H])([2H])C([2H])(C)c1ccc(-c2c(C)ccc3oc4ccncc4c23)[n+](C)c1. The molecule has 0 bridgehead atoms. The maximum absolute atomic E-state index is 8.35. The number of furan rings is 1. The van der Waals surface area contributed by atoms with Crippen LogP contribution in [0.2, 0.25) is 0 Å². The van der Waals surface area contributed by atoms with Crippen LogP contribution in [0.25, 0.3) is 33.2 Å². The largest absolute Gasteiger partial charge is 0.456 e. The van der Waals surface area contributed by atoms with Crippen LogP contribution < -0.4 is 4.57 Å². The van der Waals surface area contributed by atoms with Gasteiger partial charge in [-0.05, 0) is 36.6 Å². The summed E-state index contributed by atoms with van der Waals surface area (Å²) < 4.78 is 39.3. The van der Waals surface area contributed by atoms with Crippen molar-refractivity contribution in [3.8, 4) is 11.3 Å². The second-order valence-electron chi connectivity index (χ2n) is 6.14.